The number of aromatic nitrogens is 2. The van der Waals surface area contributed by atoms with E-state index in [4.69, 9.17) is 4.74 Å². The van der Waals surface area contributed by atoms with E-state index in [2.05, 4.69) is 16.5 Å². The molecule has 1 aromatic heterocycles. The van der Waals surface area contributed by atoms with Gasteiger partial charge in [-0.05, 0) is 12.1 Å². The van der Waals surface area contributed by atoms with Crippen LogP contribution in [-0.4, -0.2) is 16.6 Å². The molecule has 1 heterocycles. The average molecular weight is 174 g/mol. The minimum absolute atomic E-state index is 0.472. The van der Waals surface area contributed by atoms with Crippen LogP contribution in [0.25, 0.3) is 11.0 Å². The third-order valence-electron chi connectivity index (χ3n) is 1.71. The Morgan fingerprint density at radius 1 is 1.46 bits per heavy atom. The Bertz CT molecular complexity index is 387. The average Bonchev–Trinajstić information content (AvgIpc) is 2.57. The standard InChI is InChI=1S/C10H10N2O/c1-2-7-13-10-11-8-5-3-4-6-9(8)12-10/h2-6H,1,7H2,(H,11,12). The molecule has 0 aliphatic rings. The van der Waals surface area contributed by atoms with Crippen molar-refractivity contribution in [2.45, 2.75) is 0 Å². The molecule has 2 rings (SSSR count). The fourth-order valence-electron chi connectivity index (χ4n) is 1.14. The SMILES string of the molecule is C=CCOc1nc2ccccc2[nH]1. The Balaban J connectivity index is 2.32. The molecule has 13 heavy (non-hydrogen) atoms. The fourth-order valence-corrected chi connectivity index (χ4v) is 1.14. The predicted octanol–water partition coefficient (Wildman–Crippen LogP) is 2.13. The van der Waals surface area contributed by atoms with Crippen LogP contribution < -0.4 is 4.74 Å². The number of hydrogen-bond donors (Lipinski definition) is 1. The third kappa shape index (κ3) is 1.54. The Hall–Kier alpha value is -1.77. The quantitative estimate of drug-likeness (QED) is 0.724. The van der Waals surface area contributed by atoms with Crippen molar-refractivity contribution in [3.63, 3.8) is 0 Å². The second-order valence-electron chi connectivity index (χ2n) is 2.66. The number of para-hydroxylation sites is 2. The Labute approximate surface area is 76.1 Å². The van der Waals surface area contributed by atoms with E-state index in [1.807, 2.05) is 24.3 Å². The van der Waals surface area contributed by atoms with Crippen molar-refractivity contribution in [1.29, 1.82) is 0 Å². The lowest BCUT2D eigenvalue weighted by Crippen LogP contribution is -1.93. The van der Waals surface area contributed by atoms with E-state index in [1.165, 1.54) is 0 Å². The van der Waals surface area contributed by atoms with Crippen LogP contribution >= 0.6 is 0 Å². The van der Waals surface area contributed by atoms with Gasteiger partial charge in [0.25, 0.3) is 6.01 Å². The van der Waals surface area contributed by atoms with E-state index < -0.39 is 0 Å². The lowest BCUT2D eigenvalue weighted by atomic mass is 10.3. The lowest BCUT2D eigenvalue weighted by molar-refractivity contribution is 0.338. The van der Waals surface area contributed by atoms with Gasteiger partial charge in [0, 0.05) is 0 Å². The van der Waals surface area contributed by atoms with Crippen LogP contribution in [0.3, 0.4) is 0 Å². The van der Waals surface area contributed by atoms with Gasteiger partial charge in [-0.25, -0.2) is 0 Å². The van der Waals surface area contributed by atoms with Gasteiger partial charge in [0.15, 0.2) is 0 Å². The number of benzene rings is 1. The molecule has 0 aliphatic heterocycles. The molecule has 0 saturated carbocycles. The summed E-state index contributed by atoms with van der Waals surface area (Å²) in [6.45, 7) is 4.04. The predicted molar refractivity (Wildman–Crippen MR) is 51.8 cm³/mol. The topological polar surface area (TPSA) is 37.9 Å². The summed E-state index contributed by atoms with van der Waals surface area (Å²) in [7, 11) is 0. The highest BCUT2D eigenvalue weighted by molar-refractivity contribution is 5.75. The largest absolute Gasteiger partial charge is 0.461 e. The van der Waals surface area contributed by atoms with Crippen LogP contribution in [-0.2, 0) is 0 Å². The summed E-state index contributed by atoms with van der Waals surface area (Å²) < 4.78 is 5.26. The fraction of sp³-hybridized carbons (Fsp3) is 0.100. The number of nitrogens with zero attached hydrogens (tertiary/aromatic N) is 1. The highest BCUT2D eigenvalue weighted by Gasteiger charge is 2.00. The summed E-state index contributed by atoms with van der Waals surface area (Å²) in [6, 6.07) is 8.34. The van der Waals surface area contributed by atoms with Crippen molar-refractivity contribution in [1.82, 2.24) is 9.97 Å². The second-order valence-corrected chi connectivity index (χ2v) is 2.66. The van der Waals surface area contributed by atoms with E-state index in [0.29, 0.717) is 12.6 Å². The highest BCUT2D eigenvalue weighted by atomic mass is 16.5. The van der Waals surface area contributed by atoms with Gasteiger partial charge < -0.3 is 9.72 Å². The van der Waals surface area contributed by atoms with E-state index in [9.17, 15) is 0 Å². The van der Waals surface area contributed by atoms with Gasteiger partial charge in [0.2, 0.25) is 0 Å². The van der Waals surface area contributed by atoms with E-state index in [-0.39, 0.29) is 0 Å². The van der Waals surface area contributed by atoms with Gasteiger partial charge in [-0.1, -0.05) is 24.8 Å². The van der Waals surface area contributed by atoms with Gasteiger partial charge in [-0.2, -0.15) is 4.98 Å². The first-order valence-corrected chi connectivity index (χ1v) is 4.08. The number of ether oxygens (including phenoxy) is 1. The molecule has 0 aliphatic carbocycles. The van der Waals surface area contributed by atoms with Gasteiger partial charge >= 0.3 is 0 Å². The number of H-pyrrole nitrogens is 1. The van der Waals surface area contributed by atoms with Crippen molar-refractivity contribution < 1.29 is 4.74 Å². The molecule has 0 bridgehead atoms. The summed E-state index contributed by atoms with van der Waals surface area (Å²) in [4.78, 5) is 7.27. The van der Waals surface area contributed by atoms with Crippen molar-refractivity contribution >= 4 is 11.0 Å². The molecule has 0 fully saturated rings. The van der Waals surface area contributed by atoms with Crippen molar-refractivity contribution in [2.75, 3.05) is 6.61 Å². The third-order valence-corrected chi connectivity index (χ3v) is 1.71. The lowest BCUT2D eigenvalue weighted by Gasteiger charge is -1.94. The van der Waals surface area contributed by atoms with Crippen LogP contribution in [0.2, 0.25) is 0 Å². The minimum atomic E-state index is 0.472. The van der Waals surface area contributed by atoms with E-state index >= 15 is 0 Å². The zero-order chi connectivity index (χ0) is 9.10. The first kappa shape index (κ1) is 7.86. The van der Waals surface area contributed by atoms with Gasteiger partial charge in [-0.15, -0.1) is 0 Å². The van der Waals surface area contributed by atoms with Crippen molar-refractivity contribution in [3.05, 3.63) is 36.9 Å². The molecular weight excluding hydrogens is 164 g/mol. The molecule has 0 atom stereocenters. The zero-order valence-corrected chi connectivity index (χ0v) is 7.16. The number of nitrogens with one attached hydrogen (secondary N) is 1. The highest BCUT2D eigenvalue weighted by Crippen LogP contribution is 2.14. The molecule has 66 valence electrons. The summed E-state index contributed by atoms with van der Waals surface area (Å²) in [6.07, 6.45) is 1.69. The van der Waals surface area contributed by atoms with Crippen LogP contribution in [0.1, 0.15) is 0 Å². The first-order chi connectivity index (χ1) is 6.40. The van der Waals surface area contributed by atoms with Gasteiger partial charge in [0.05, 0.1) is 11.0 Å². The Morgan fingerprint density at radius 2 is 2.31 bits per heavy atom. The molecule has 3 heteroatoms. The van der Waals surface area contributed by atoms with Crippen molar-refractivity contribution in [2.24, 2.45) is 0 Å². The van der Waals surface area contributed by atoms with Crippen LogP contribution in [0, 0.1) is 0 Å². The summed E-state index contributed by atoms with van der Waals surface area (Å²) in [5.41, 5.74) is 1.91. The van der Waals surface area contributed by atoms with Gasteiger partial charge in [0.1, 0.15) is 6.61 Å². The molecule has 0 amide bonds. The number of fused-ring (bicyclic) bond motifs is 1. The number of aromatic amines is 1. The smallest absolute Gasteiger partial charge is 0.294 e. The molecule has 1 N–H and O–H groups in total. The molecule has 1 aromatic carbocycles. The van der Waals surface area contributed by atoms with Crippen LogP contribution in [0.4, 0.5) is 0 Å². The van der Waals surface area contributed by atoms with Crippen LogP contribution in [0.5, 0.6) is 6.01 Å². The maximum absolute atomic E-state index is 5.26. The molecule has 0 saturated heterocycles. The maximum Gasteiger partial charge on any atom is 0.294 e. The Kier molecular flexibility index (Phi) is 2.00. The summed E-state index contributed by atoms with van der Waals surface area (Å²) >= 11 is 0. The minimum Gasteiger partial charge on any atom is -0.461 e. The second kappa shape index (κ2) is 3.31. The zero-order valence-electron chi connectivity index (χ0n) is 7.16. The molecule has 0 radical (unpaired) electrons. The molecular formula is C10H10N2O. The first-order valence-electron chi connectivity index (χ1n) is 4.08. The molecule has 2 aromatic rings. The molecule has 0 spiro atoms. The van der Waals surface area contributed by atoms with E-state index in [1.54, 1.807) is 6.08 Å². The number of rotatable bonds is 3. The number of imidazole rings is 1. The maximum atomic E-state index is 5.26. The monoisotopic (exact) mass is 174 g/mol. The normalized spacial score (nSPS) is 10.2. The van der Waals surface area contributed by atoms with Gasteiger partial charge in [-0.3, -0.25) is 0 Å². The summed E-state index contributed by atoms with van der Waals surface area (Å²) in [5, 5.41) is 0. The number of hydrogen-bond acceptors (Lipinski definition) is 2. The molecule has 0 unspecified atom stereocenters. The van der Waals surface area contributed by atoms with Crippen LogP contribution in [0.15, 0.2) is 36.9 Å². The Morgan fingerprint density at radius 3 is 3.08 bits per heavy atom. The molecule has 3 nitrogen and oxygen atoms in total. The van der Waals surface area contributed by atoms with E-state index in [0.717, 1.165) is 11.0 Å². The summed E-state index contributed by atoms with van der Waals surface area (Å²) in [5.74, 6) is 0. The van der Waals surface area contributed by atoms with Crippen molar-refractivity contribution in [3.8, 4) is 6.01 Å².